The Hall–Kier alpha value is -2.69. The minimum absolute atomic E-state index is 0.163. The summed E-state index contributed by atoms with van der Waals surface area (Å²) in [5, 5.41) is 2.82. The lowest BCUT2D eigenvalue weighted by molar-refractivity contribution is 0.0755. The summed E-state index contributed by atoms with van der Waals surface area (Å²) < 4.78 is 16.3. The molecule has 0 saturated carbocycles. The van der Waals surface area contributed by atoms with Crippen molar-refractivity contribution in [3.8, 4) is 17.2 Å². The summed E-state index contributed by atoms with van der Waals surface area (Å²) >= 11 is 0. The van der Waals surface area contributed by atoms with Crippen LogP contribution < -0.4 is 19.5 Å². The maximum Gasteiger partial charge on any atom is 0.258 e. The third kappa shape index (κ3) is 2.50. The topological polar surface area (TPSA) is 56.8 Å². The molecule has 0 radical (unpaired) electrons. The molecule has 21 heavy (non-hydrogen) atoms. The van der Waals surface area contributed by atoms with Gasteiger partial charge in [-0.05, 0) is 24.3 Å². The summed E-state index contributed by atoms with van der Waals surface area (Å²) in [6.07, 6.45) is -0.573. The number of rotatable bonds is 3. The molecule has 0 bridgehead atoms. The average molecular weight is 285 g/mol. The summed E-state index contributed by atoms with van der Waals surface area (Å²) in [6, 6.07) is 12.5. The van der Waals surface area contributed by atoms with Crippen LogP contribution in [0.4, 0.5) is 0 Å². The molecule has 2 aromatic carbocycles. The number of amides is 1. The predicted octanol–water partition coefficient (Wildman–Crippen LogP) is 2.52. The molecule has 1 atom stereocenters. The summed E-state index contributed by atoms with van der Waals surface area (Å²) in [4.78, 5) is 12.1. The molecule has 1 unspecified atom stereocenters. The molecule has 5 heteroatoms. The van der Waals surface area contributed by atoms with E-state index in [9.17, 15) is 4.79 Å². The number of fused-ring (bicyclic) bond motifs is 1. The second-order valence-electron chi connectivity index (χ2n) is 4.61. The summed E-state index contributed by atoms with van der Waals surface area (Å²) in [5.41, 5.74) is 1.29. The van der Waals surface area contributed by atoms with Crippen molar-refractivity contribution in [3.05, 3.63) is 53.6 Å². The quantitative estimate of drug-likeness (QED) is 0.941. The fraction of sp³-hybridized carbons (Fsp3) is 0.188. The highest BCUT2D eigenvalue weighted by atomic mass is 16.5. The van der Waals surface area contributed by atoms with Gasteiger partial charge in [-0.3, -0.25) is 4.79 Å². The van der Waals surface area contributed by atoms with E-state index in [1.165, 1.54) is 0 Å². The van der Waals surface area contributed by atoms with Gasteiger partial charge in [0.1, 0.15) is 17.2 Å². The van der Waals surface area contributed by atoms with E-state index in [1.807, 2.05) is 6.07 Å². The van der Waals surface area contributed by atoms with Crippen molar-refractivity contribution in [2.24, 2.45) is 0 Å². The molecular formula is C16H15NO4. The van der Waals surface area contributed by atoms with Gasteiger partial charge < -0.3 is 19.5 Å². The highest BCUT2D eigenvalue weighted by molar-refractivity contribution is 5.98. The molecule has 0 saturated heterocycles. The van der Waals surface area contributed by atoms with Gasteiger partial charge in [-0.2, -0.15) is 0 Å². The molecule has 5 nitrogen and oxygen atoms in total. The first-order valence-corrected chi connectivity index (χ1v) is 6.51. The minimum atomic E-state index is -0.573. The van der Waals surface area contributed by atoms with E-state index in [0.29, 0.717) is 22.8 Å². The normalized spacial score (nSPS) is 16.5. The van der Waals surface area contributed by atoms with Crippen molar-refractivity contribution < 1.29 is 19.0 Å². The Kier molecular flexibility index (Phi) is 3.39. The van der Waals surface area contributed by atoms with Crippen molar-refractivity contribution >= 4 is 5.91 Å². The molecule has 1 N–H and O–H groups in total. The van der Waals surface area contributed by atoms with Crippen molar-refractivity contribution in [3.63, 3.8) is 0 Å². The van der Waals surface area contributed by atoms with Crippen LogP contribution >= 0.6 is 0 Å². The Morgan fingerprint density at radius 1 is 1.05 bits per heavy atom. The van der Waals surface area contributed by atoms with E-state index in [4.69, 9.17) is 14.2 Å². The summed E-state index contributed by atoms with van der Waals surface area (Å²) in [7, 11) is 3.16. The molecule has 3 rings (SSSR count). The van der Waals surface area contributed by atoms with Gasteiger partial charge in [0.2, 0.25) is 0 Å². The Morgan fingerprint density at radius 2 is 1.71 bits per heavy atom. The van der Waals surface area contributed by atoms with E-state index in [0.717, 1.165) is 5.56 Å². The van der Waals surface area contributed by atoms with E-state index in [2.05, 4.69) is 5.32 Å². The Balaban J connectivity index is 1.97. The van der Waals surface area contributed by atoms with Crippen LogP contribution in [0.1, 0.15) is 22.1 Å². The lowest BCUT2D eigenvalue weighted by Gasteiger charge is -2.27. The largest absolute Gasteiger partial charge is 0.497 e. The second-order valence-corrected chi connectivity index (χ2v) is 4.61. The molecule has 0 fully saturated rings. The lowest BCUT2D eigenvalue weighted by atomic mass is 10.1. The molecule has 108 valence electrons. The van der Waals surface area contributed by atoms with Gasteiger partial charge in [0.05, 0.1) is 19.8 Å². The molecule has 0 spiro atoms. The standard InChI is InChI=1S/C16H15NO4/c1-19-11-7-10(8-12(9-11)20-2)16-17-15(18)13-5-3-4-6-14(13)21-16/h3-9,16H,1-2H3,(H,17,18). The van der Waals surface area contributed by atoms with E-state index < -0.39 is 6.23 Å². The van der Waals surface area contributed by atoms with Crippen LogP contribution in [0, 0.1) is 0 Å². The molecule has 2 aromatic rings. The molecule has 1 aliphatic heterocycles. The fourth-order valence-corrected chi connectivity index (χ4v) is 2.24. The van der Waals surface area contributed by atoms with Gasteiger partial charge in [0.25, 0.3) is 5.91 Å². The minimum Gasteiger partial charge on any atom is -0.497 e. The van der Waals surface area contributed by atoms with Gasteiger partial charge in [-0.25, -0.2) is 0 Å². The molecule has 1 amide bonds. The molecule has 1 aliphatic rings. The Bertz CT molecular complexity index is 661. The van der Waals surface area contributed by atoms with Crippen LogP contribution in [-0.4, -0.2) is 20.1 Å². The number of nitrogens with one attached hydrogen (secondary N) is 1. The highest BCUT2D eigenvalue weighted by Crippen LogP contribution is 2.32. The maximum absolute atomic E-state index is 12.1. The van der Waals surface area contributed by atoms with Crippen molar-refractivity contribution in [1.82, 2.24) is 5.32 Å². The number of para-hydroxylation sites is 1. The number of carbonyl (C=O) groups excluding carboxylic acids is 1. The second kappa shape index (κ2) is 5.36. The fourth-order valence-electron chi connectivity index (χ4n) is 2.24. The van der Waals surface area contributed by atoms with Crippen LogP contribution in [0.3, 0.4) is 0 Å². The molecular weight excluding hydrogens is 270 g/mol. The SMILES string of the molecule is COc1cc(OC)cc(C2NC(=O)c3ccccc3O2)c1. The summed E-state index contributed by atoms with van der Waals surface area (Å²) in [6.45, 7) is 0. The predicted molar refractivity (Wildman–Crippen MR) is 76.8 cm³/mol. The van der Waals surface area contributed by atoms with Gasteiger partial charge >= 0.3 is 0 Å². The van der Waals surface area contributed by atoms with E-state index >= 15 is 0 Å². The zero-order valence-electron chi connectivity index (χ0n) is 11.8. The van der Waals surface area contributed by atoms with Gasteiger partial charge in [-0.15, -0.1) is 0 Å². The van der Waals surface area contributed by atoms with Gasteiger partial charge in [0.15, 0.2) is 6.23 Å². The number of carbonyl (C=O) groups is 1. The monoisotopic (exact) mass is 285 g/mol. The van der Waals surface area contributed by atoms with Crippen LogP contribution in [0.2, 0.25) is 0 Å². The number of ether oxygens (including phenoxy) is 3. The van der Waals surface area contributed by atoms with Crippen LogP contribution in [0.25, 0.3) is 0 Å². The average Bonchev–Trinajstić information content (AvgIpc) is 2.54. The van der Waals surface area contributed by atoms with E-state index in [-0.39, 0.29) is 5.91 Å². The zero-order chi connectivity index (χ0) is 14.8. The van der Waals surface area contributed by atoms with E-state index in [1.54, 1.807) is 50.6 Å². The Labute approximate surface area is 122 Å². The first-order valence-electron chi connectivity index (χ1n) is 6.51. The van der Waals surface area contributed by atoms with Crippen LogP contribution in [0.15, 0.2) is 42.5 Å². The third-order valence-electron chi connectivity index (χ3n) is 3.32. The third-order valence-corrected chi connectivity index (χ3v) is 3.32. The maximum atomic E-state index is 12.1. The highest BCUT2D eigenvalue weighted by Gasteiger charge is 2.26. The van der Waals surface area contributed by atoms with Crippen LogP contribution in [-0.2, 0) is 0 Å². The van der Waals surface area contributed by atoms with Gasteiger partial charge in [0, 0.05) is 11.6 Å². The number of hydrogen-bond donors (Lipinski definition) is 1. The van der Waals surface area contributed by atoms with Gasteiger partial charge in [-0.1, -0.05) is 12.1 Å². The molecule has 1 heterocycles. The molecule has 0 aliphatic carbocycles. The van der Waals surface area contributed by atoms with Crippen molar-refractivity contribution in [2.45, 2.75) is 6.23 Å². The van der Waals surface area contributed by atoms with Crippen molar-refractivity contribution in [2.75, 3.05) is 14.2 Å². The first-order chi connectivity index (χ1) is 10.2. The number of methoxy groups -OCH3 is 2. The van der Waals surface area contributed by atoms with Crippen LogP contribution in [0.5, 0.6) is 17.2 Å². The Morgan fingerprint density at radius 3 is 2.38 bits per heavy atom. The smallest absolute Gasteiger partial charge is 0.258 e. The van der Waals surface area contributed by atoms with Crippen molar-refractivity contribution in [1.29, 1.82) is 0 Å². The molecule has 0 aromatic heterocycles. The first kappa shape index (κ1) is 13.3. The number of hydrogen-bond acceptors (Lipinski definition) is 4. The lowest BCUT2D eigenvalue weighted by Crippen LogP contribution is -2.36. The summed E-state index contributed by atoms with van der Waals surface area (Å²) in [5.74, 6) is 1.68. The number of benzene rings is 2. The zero-order valence-corrected chi connectivity index (χ0v) is 11.8.